The Bertz CT molecular complexity index is 1080. The molecule has 0 aliphatic carbocycles. The molecule has 2 aromatic heterocycles. The van der Waals surface area contributed by atoms with Gasteiger partial charge in [0.05, 0.1) is 18.9 Å². The van der Waals surface area contributed by atoms with Crippen molar-refractivity contribution in [1.82, 2.24) is 19.1 Å². The number of imidazole rings is 1. The average Bonchev–Trinajstić information content (AvgIpc) is 2.93. The number of halogens is 1. The highest BCUT2D eigenvalue weighted by Gasteiger charge is 2.18. The van der Waals surface area contributed by atoms with Crippen molar-refractivity contribution in [2.75, 3.05) is 5.43 Å². The van der Waals surface area contributed by atoms with Crippen LogP contribution in [-0.2, 0) is 13.6 Å². The van der Waals surface area contributed by atoms with E-state index < -0.39 is 17.4 Å². The lowest BCUT2D eigenvalue weighted by atomic mass is 10.2. The molecule has 1 unspecified atom stereocenters. The highest BCUT2D eigenvalue weighted by atomic mass is 35.5. The molecule has 3 rings (SSSR count). The Hall–Kier alpha value is -2.91. The van der Waals surface area contributed by atoms with E-state index in [0.29, 0.717) is 5.02 Å². The summed E-state index contributed by atoms with van der Waals surface area (Å²) >= 11 is 5.84. The molecule has 0 bridgehead atoms. The number of rotatable bonds is 5. The van der Waals surface area contributed by atoms with Gasteiger partial charge in [-0.1, -0.05) is 23.7 Å². The predicted molar refractivity (Wildman–Crippen MR) is 99.9 cm³/mol. The van der Waals surface area contributed by atoms with Gasteiger partial charge < -0.3 is 9.67 Å². The maximum absolute atomic E-state index is 12.2. The number of hydrogen-bond donors (Lipinski definition) is 3. The van der Waals surface area contributed by atoms with Crippen LogP contribution in [0.15, 0.2) is 39.0 Å². The van der Waals surface area contributed by atoms with Crippen molar-refractivity contribution in [3.05, 3.63) is 55.7 Å². The first-order valence-electron chi connectivity index (χ1n) is 7.79. The number of fused-ring (bicyclic) bond motifs is 1. The Morgan fingerprint density at radius 2 is 2.08 bits per heavy atom. The third kappa shape index (κ3) is 3.53. The lowest BCUT2D eigenvalue weighted by molar-refractivity contribution is 0.175. The van der Waals surface area contributed by atoms with Gasteiger partial charge in [-0.25, -0.2) is 10.2 Å². The summed E-state index contributed by atoms with van der Waals surface area (Å²) in [7, 11) is 1.50. The second kappa shape index (κ2) is 7.14. The van der Waals surface area contributed by atoms with Gasteiger partial charge in [0.2, 0.25) is 5.95 Å². The van der Waals surface area contributed by atoms with Crippen molar-refractivity contribution in [2.45, 2.75) is 19.6 Å². The standard InChI is InChI=1S/C16H17ClN6O3/c1-9(24)8-23-12-13(22(2)16(26)20-14(12)25)19-15(23)21-18-7-10-3-5-11(17)6-4-10/h3-7,9,24H,8H2,1-2H3,(H,19,21)(H,20,25,26). The van der Waals surface area contributed by atoms with Crippen LogP contribution in [0, 0.1) is 0 Å². The molecule has 0 saturated heterocycles. The van der Waals surface area contributed by atoms with E-state index in [4.69, 9.17) is 11.6 Å². The van der Waals surface area contributed by atoms with E-state index in [1.165, 1.54) is 16.2 Å². The number of nitrogens with one attached hydrogen (secondary N) is 2. The van der Waals surface area contributed by atoms with Gasteiger partial charge >= 0.3 is 5.69 Å². The third-order valence-corrected chi connectivity index (χ3v) is 3.95. The Morgan fingerprint density at radius 3 is 2.73 bits per heavy atom. The average molecular weight is 377 g/mol. The van der Waals surface area contributed by atoms with Crippen LogP contribution in [0.5, 0.6) is 0 Å². The molecule has 0 spiro atoms. The molecule has 10 heteroatoms. The smallest absolute Gasteiger partial charge is 0.329 e. The molecule has 26 heavy (non-hydrogen) atoms. The molecular weight excluding hydrogens is 360 g/mol. The second-order valence-electron chi connectivity index (χ2n) is 5.81. The summed E-state index contributed by atoms with van der Waals surface area (Å²) in [6.45, 7) is 1.69. The summed E-state index contributed by atoms with van der Waals surface area (Å²) in [6, 6.07) is 7.06. The van der Waals surface area contributed by atoms with Crippen molar-refractivity contribution in [3.8, 4) is 0 Å². The maximum atomic E-state index is 12.2. The monoisotopic (exact) mass is 376 g/mol. The molecule has 9 nitrogen and oxygen atoms in total. The number of H-pyrrole nitrogens is 1. The fourth-order valence-corrected chi connectivity index (χ4v) is 2.60. The lowest BCUT2D eigenvalue weighted by Gasteiger charge is -2.09. The Balaban J connectivity index is 2.02. The minimum atomic E-state index is -0.732. The summed E-state index contributed by atoms with van der Waals surface area (Å²) in [5.41, 5.74) is 2.79. The van der Waals surface area contributed by atoms with Gasteiger partial charge in [-0.05, 0) is 24.6 Å². The normalized spacial score (nSPS) is 12.8. The first-order valence-corrected chi connectivity index (χ1v) is 8.17. The number of aliphatic hydroxyl groups is 1. The van der Waals surface area contributed by atoms with Gasteiger partial charge in [0.15, 0.2) is 11.2 Å². The van der Waals surface area contributed by atoms with Crippen LogP contribution < -0.4 is 16.7 Å². The van der Waals surface area contributed by atoms with Crippen molar-refractivity contribution >= 4 is 34.9 Å². The van der Waals surface area contributed by atoms with Crippen molar-refractivity contribution in [3.63, 3.8) is 0 Å². The van der Waals surface area contributed by atoms with Crippen LogP contribution in [0.3, 0.4) is 0 Å². The number of benzene rings is 1. The number of hydrazone groups is 1. The van der Waals surface area contributed by atoms with E-state index in [1.54, 1.807) is 37.4 Å². The SMILES string of the molecule is CC(O)Cn1c(NN=Cc2ccc(Cl)cc2)nc2c1c(=O)[nH]c(=O)n2C. The van der Waals surface area contributed by atoms with E-state index in [-0.39, 0.29) is 23.7 Å². The quantitative estimate of drug-likeness (QED) is 0.452. The van der Waals surface area contributed by atoms with Crippen molar-refractivity contribution in [1.29, 1.82) is 0 Å². The van der Waals surface area contributed by atoms with Gasteiger partial charge in [-0.2, -0.15) is 10.1 Å². The molecule has 136 valence electrons. The first kappa shape index (κ1) is 17.9. The number of nitrogens with zero attached hydrogens (tertiary/aromatic N) is 4. The molecular formula is C16H17ClN6O3. The highest BCUT2D eigenvalue weighted by molar-refractivity contribution is 6.30. The Labute approximate surface area is 152 Å². The minimum Gasteiger partial charge on any atom is -0.392 e. The molecule has 0 radical (unpaired) electrons. The Morgan fingerprint density at radius 1 is 1.38 bits per heavy atom. The minimum absolute atomic E-state index is 0.108. The van der Waals surface area contributed by atoms with Crippen LogP contribution in [0.4, 0.5) is 5.95 Å². The number of aryl methyl sites for hydroxylation is 1. The van der Waals surface area contributed by atoms with Crippen LogP contribution in [0.1, 0.15) is 12.5 Å². The zero-order valence-electron chi connectivity index (χ0n) is 14.1. The van der Waals surface area contributed by atoms with E-state index in [9.17, 15) is 14.7 Å². The number of aromatic amines is 1. The van der Waals surface area contributed by atoms with Crippen LogP contribution in [0.25, 0.3) is 11.2 Å². The second-order valence-corrected chi connectivity index (χ2v) is 6.24. The van der Waals surface area contributed by atoms with Gasteiger partial charge in [0.25, 0.3) is 5.56 Å². The van der Waals surface area contributed by atoms with E-state index >= 15 is 0 Å². The summed E-state index contributed by atoms with van der Waals surface area (Å²) < 4.78 is 2.71. The molecule has 1 aromatic carbocycles. The highest BCUT2D eigenvalue weighted by Crippen LogP contribution is 2.16. The first-order chi connectivity index (χ1) is 12.4. The summed E-state index contributed by atoms with van der Waals surface area (Å²) in [5.74, 6) is 0.234. The van der Waals surface area contributed by atoms with Gasteiger partial charge in [-0.15, -0.1) is 0 Å². The van der Waals surface area contributed by atoms with Gasteiger partial charge in [0.1, 0.15) is 0 Å². The lowest BCUT2D eigenvalue weighted by Crippen LogP contribution is -2.29. The number of aromatic nitrogens is 4. The molecule has 0 aliphatic rings. The van der Waals surface area contributed by atoms with Crippen LogP contribution in [-0.4, -0.2) is 36.5 Å². The fraction of sp³-hybridized carbons (Fsp3) is 0.250. The molecule has 0 saturated carbocycles. The molecule has 1 atom stereocenters. The zero-order valence-corrected chi connectivity index (χ0v) is 14.9. The molecule has 0 amide bonds. The van der Waals surface area contributed by atoms with Gasteiger partial charge in [0, 0.05) is 12.1 Å². The molecule has 2 heterocycles. The zero-order chi connectivity index (χ0) is 18.8. The third-order valence-electron chi connectivity index (χ3n) is 3.70. The number of anilines is 1. The van der Waals surface area contributed by atoms with Gasteiger partial charge in [-0.3, -0.25) is 14.3 Å². The van der Waals surface area contributed by atoms with E-state index in [2.05, 4.69) is 20.5 Å². The molecule has 0 aliphatic heterocycles. The van der Waals surface area contributed by atoms with E-state index in [1.807, 2.05) is 0 Å². The molecule has 3 aromatic rings. The summed E-state index contributed by atoms with van der Waals surface area (Å²) in [4.78, 5) is 30.5. The van der Waals surface area contributed by atoms with Crippen LogP contribution >= 0.6 is 11.6 Å². The molecule has 3 N–H and O–H groups in total. The molecule has 0 fully saturated rings. The predicted octanol–water partition coefficient (Wildman–Crippen LogP) is 0.904. The fourth-order valence-electron chi connectivity index (χ4n) is 2.48. The largest absolute Gasteiger partial charge is 0.392 e. The maximum Gasteiger partial charge on any atom is 0.329 e. The topological polar surface area (TPSA) is 117 Å². The Kier molecular flexibility index (Phi) is 4.92. The van der Waals surface area contributed by atoms with E-state index in [0.717, 1.165) is 5.56 Å². The number of hydrogen-bond acceptors (Lipinski definition) is 6. The number of aliphatic hydroxyl groups excluding tert-OH is 1. The van der Waals surface area contributed by atoms with Crippen molar-refractivity contribution in [2.24, 2.45) is 12.1 Å². The summed E-state index contributed by atoms with van der Waals surface area (Å²) in [6.07, 6.45) is 0.830. The van der Waals surface area contributed by atoms with Crippen LogP contribution in [0.2, 0.25) is 5.02 Å². The summed E-state index contributed by atoms with van der Waals surface area (Å²) in [5, 5.41) is 14.5. The van der Waals surface area contributed by atoms with Crippen molar-refractivity contribution < 1.29 is 5.11 Å².